The van der Waals surface area contributed by atoms with E-state index in [9.17, 15) is 14.0 Å². The van der Waals surface area contributed by atoms with E-state index in [1.54, 1.807) is 18.3 Å². The van der Waals surface area contributed by atoms with Gasteiger partial charge in [0.25, 0.3) is 5.91 Å². The molecule has 8 nitrogen and oxygen atoms in total. The second-order valence-electron chi connectivity index (χ2n) is 7.79. The number of aromatic nitrogens is 2. The van der Waals surface area contributed by atoms with E-state index < -0.39 is 17.8 Å². The van der Waals surface area contributed by atoms with Gasteiger partial charge in [-0.3, -0.25) is 20.4 Å². The molecule has 1 aliphatic rings. The smallest absolute Gasteiger partial charge is 0.255 e. The molecule has 1 atom stereocenters. The van der Waals surface area contributed by atoms with Crippen LogP contribution in [0.5, 0.6) is 11.5 Å². The molecule has 0 spiro atoms. The third-order valence-electron chi connectivity index (χ3n) is 5.53. The number of hydrazine groups is 1. The molecule has 1 unspecified atom stereocenters. The number of carbonyl (C=O) groups excluding carboxylic acids is 2. The van der Waals surface area contributed by atoms with Gasteiger partial charge >= 0.3 is 0 Å². The molecule has 5 N–H and O–H groups in total. The number of pyridine rings is 1. The lowest BCUT2D eigenvalue weighted by molar-refractivity contribution is -0.133. The molecule has 2 aromatic heterocycles. The Balaban J connectivity index is 1.38. The van der Waals surface area contributed by atoms with Crippen LogP contribution in [-0.2, 0) is 16.0 Å². The molecule has 162 valence electrons. The van der Waals surface area contributed by atoms with Gasteiger partial charge in [0.2, 0.25) is 5.91 Å². The van der Waals surface area contributed by atoms with Crippen molar-refractivity contribution in [2.24, 2.45) is 11.7 Å². The number of benzene rings is 1. The highest BCUT2D eigenvalue weighted by atomic mass is 19.1. The number of fused-ring (bicyclic) bond motifs is 1. The molecule has 31 heavy (non-hydrogen) atoms. The van der Waals surface area contributed by atoms with Gasteiger partial charge in [-0.05, 0) is 55.5 Å². The number of nitrogens with two attached hydrogens (primary N) is 1. The van der Waals surface area contributed by atoms with Crippen LogP contribution >= 0.6 is 0 Å². The summed E-state index contributed by atoms with van der Waals surface area (Å²) in [4.78, 5) is 31.2. The van der Waals surface area contributed by atoms with E-state index in [-0.39, 0.29) is 24.0 Å². The van der Waals surface area contributed by atoms with Crippen LogP contribution in [-0.4, -0.2) is 27.8 Å². The molecule has 0 bridgehead atoms. The minimum absolute atomic E-state index is 0.0464. The summed E-state index contributed by atoms with van der Waals surface area (Å²) in [6.07, 6.45) is 6.19. The average Bonchev–Trinajstić information content (AvgIpc) is 3.08. The summed E-state index contributed by atoms with van der Waals surface area (Å²) in [6.45, 7) is 1.91. The Morgan fingerprint density at radius 1 is 1.29 bits per heavy atom. The molecule has 0 radical (unpaired) electrons. The minimum Gasteiger partial charge on any atom is -0.453 e. The number of aryl methyl sites for hydroxylation is 1. The highest BCUT2D eigenvalue weighted by Crippen LogP contribution is 2.32. The van der Waals surface area contributed by atoms with Gasteiger partial charge in [0, 0.05) is 18.3 Å². The first-order chi connectivity index (χ1) is 14.9. The van der Waals surface area contributed by atoms with E-state index in [1.807, 2.05) is 13.1 Å². The van der Waals surface area contributed by atoms with Crippen molar-refractivity contribution in [1.82, 2.24) is 20.8 Å². The van der Waals surface area contributed by atoms with Crippen molar-refractivity contribution >= 4 is 22.8 Å². The molecule has 4 rings (SSSR count). The maximum absolute atomic E-state index is 14.7. The fourth-order valence-electron chi connectivity index (χ4n) is 3.48. The zero-order valence-corrected chi connectivity index (χ0v) is 17.1. The molecule has 1 aliphatic carbocycles. The van der Waals surface area contributed by atoms with Crippen molar-refractivity contribution in [3.8, 4) is 11.5 Å². The van der Waals surface area contributed by atoms with E-state index in [0.29, 0.717) is 17.0 Å². The lowest BCUT2D eigenvalue weighted by Crippen LogP contribution is -2.52. The number of H-pyrrole nitrogens is 1. The first-order valence-electron chi connectivity index (χ1n) is 10.2. The van der Waals surface area contributed by atoms with Gasteiger partial charge in [-0.2, -0.15) is 0 Å². The number of amides is 2. The number of rotatable bonds is 6. The van der Waals surface area contributed by atoms with Crippen molar-refractivity contribution in [3.05, 3.63) is 53.6 Å². The summed E-state index contributed by atoms with van der Waals surface area (Å²) in [7, 11) is 0. The lowest BCUT2D eigenvalue weighted by Gasteiger charge is -2.24. The molecule has 2 amide bonds. The Hall–Kier alpha value is -3.46. The third kappa shape index (κ3) is 4.51. The van der Waals surface area contributed by atoms with Gasteiger partial charge < -0.3 is 15.5 Å². The molecule has 1 fully saturated rings. The fraction of sp³-hybridized carbons (Fsp3) is 0.318. The van der Waals surface area contributed by atoms with E-state index >= 15 is 0 Å². The third-order valence-corrected chi connectivity index (χ3v) is 5.53. The van der Waals surface area contributed by atoms with Gasteiger partial charge in [0.05, 0.1) is 11.4 Å². The highest BCUT2D eigenvalue weighted by molar-refractivity contribution is 5.87. The largest absolute Gasteiger partial charge is 0.453 e. The Kier molecular flexibility index (Phi) is 5.85. The van der Waals surface area contributed by atoms with Crippen molar-refractivity contribution in [1.29, 1.82) is 0 Å². The van der Waals surface area contributed by atoms with E-state index in [0.717, 1.165) is 30.2 Å². The normalized spacial score (nSPS) is 14.7. The molecule has 1 aromatic carbocycles. The zero-order valence-electron chi connectivity index (χ0n) is 17.1. The molecule has 0 saturated heterocycles. The number of hydrogen-bond acceptors (Lipinski definition) is 5. The molecule has 2 heterocycles. The summed E-state index contributed by atoms with van der Waals surface area (Å²) in [6, 6.07) is 5.19. The number of ether oxygens (including phenoxy) is 1. The van der Waals surface area contributed by atoms with Crippen molar-refractivity contribution < 1.29 is 18.7 Å². The highest BCUT2D eigenvalue weighted by Gasteiger charge is 2.26. The SMILES string of the molecule is Cc1c[nH]c2nccc(Oc3ccc(CC(N)C(=O)NNC(=O)C4CCC4)cc3F)c12. The Morgan fingerprint density at radius 2 is 2.10 bits per heavy atom. The molecule has 0 aliphatic heterocycles. The average molecular weight is 425 g/mol. The molecule has 3 aromatic rings. The summed E-state index contributed by atoms with van der Waals surface area (Å²) in [5.41, 5.74) is 12.8. The maximum atomic E-state index is 14.7. The molecule has 9 heteroatoms. The quantitative estimate of drug-likeness (QED) is 0.452. The number of hydrogen-bond donors (Lipinski definition) is 4. The van der Waals surface area contributed by atoms with E-state index in [1.165, 1.54) is 12.1 Å². The Bertz CT molecular complexity index is 1130. The van der Waals surface area contributed by atoms with E-state index in [2.05, 4.69) is 20.8 Å². The molecular formula is C22H24FN5O3. The van der Waals surface area contributed by atoms with Gasteiger partial charge in [0.15, 0.2) is 11.6 Å². The van der Waals surface area contributed by atoms with Crippen LogP contribution in [0.1, 0.15) is 30.4 Å². The van der Waals surface area contributed by atoms with Crippen LogP contribution in [0.25, 0.3) is 11.0 Å². The van der Waals surface area contributed by atoms with E-state index in [4.69, 9.17) is 10.5 Å². The Morgan fingerprint density at radius 3 is 2.81 bits per heavy atom. The Labute approximate surface area is 178 Å². The summed E-state index contributed by atoms with van der Waals surface area (Å²) < 4.78 is 20.4. The minimum atomic E-state index is -0.935. The molecule has 1 saturated carbocycles. The van der Waals surface area contributed by atoms with Gasteiger partial charge in [-0.15, -0.1) is 0 Å². The number of halogens is 1. The van der Waals surface area contributed by atoms with Crippen LogP contribution in [0.3, 0.4) is 0 Å². The fourth-order valence-corrected chi connectivity index (χ4v) is 3.48. The maximum Gasteiger partial charge on any atom is 0.255 e. The predicted octanol–water partition coefficient (Wildman–Crippen LogP) is 2.62. The van der Waals surface area contributed by atoms with Crippen molar-refractivity contribution in [2.75, 3.05) is 0 Å². The monoisotopic (exact) mass is 425 g/mol. The first-order valence-corrected chi connectivity index (χ1v) is 10.2. The lowest BCUT2D eigenvalue weighted by atomic mass is 9.85. The van der Waals surface area contributed by atoms with Crippen LogP contribution in [0.15, 0.2) is 36.7 Å². The molecular weight excluding hydrogens is 401 g/mol. The standard InChI is InChI=1S/C22H24FN5O3/c1-12-11-26-20-19(12)18(7-8-25-20)31-17-6-5-13(9-15(17)23)10-16(24)22(30)28-27-21(29)14-3-2-4-14/h5-9,11,14,16H,2-4,10,24H2,1H3,(H,25,26)(H,27,29)(H,28,30). The predicted molar refractivity (Wildman–Crippen MR) is 113 cm³/mol. The summed E-state index contributed by atoms with van der Waals surface area (Å²) in [5.74, 6) is -0.801. The number of nitrogens with one attached hydrogen (secondary N) is 3. The summed E-state index contributed by atoms with van der Waals surface area (Å²) in [5, 5.41) is 0.786. The van der Waals surface area contributed by atoms with Gasteiger partial charge in [-0.25, -0.2) is 9.37 Å². The second-order valence-corrected chi connectivity index (χ2v) is 7.79. The van der Waals surface area contributed by atoms with Crippen LogP contribution in [0.2, 0.25) is 0 Å². The number of nitrogens with zero attached hydrogens (tertiary/aromatic N) is 1. The van der Waals surface area contributed by atoms with Crippen LogP contribution in [0.4, 0.5) is 4.39 Å². The van der Waals surface area contributed by atoms with Gasteiger partial charge in [0.1, 0.15) is 11.4 Å². The number of aromatic amines is 1. The first kappa shape index (κ1) is 20.8. The number of carbonyl (C=O) groups is 2. The topological polar surface area (TPSA) is 122 Å². The van der Waals surface area contributed by atoms with Crippen LogP contribution in [0, 0.1) is 18.7 Å². The van der Waals surface area contributed by atoms with Crippen molar-refractivity contribution in [3.63, 3.8) is 0 Å². The van der Waals surface area contributed by atoms with Crippen LogP contribution < -0.4 is 21.3 Å². The van der Waals surface area contributed by atoms with Gasteiger partial charge in [-0.1, -0.05) is 12.5 Å². The zero-order chi connectivity index (χ0) is 22.0. The van der Waals surface area contributed by atoms with Crippen molar-refractivity contribution in [2.45, 2.75) is 38.6 Å². The summed E-state index contributed by atoms with van der Waals surface area (Å²) >= 11 is 0. The second kappa shape index (κ2) is 8.73.